The quantitative estimate of drug-likeness (QED) is 0.471. The molecule has 3 aromatic rings. The molecule has 34 heavy (non-hydrogen) atoms. The van der Waals surface area contributed by atoms with Crippen molar-refractivity contribution in [3.8, 4) is 16.9 Å². The maximum Gasteiger partial charge on any atom is 0.306 e. The van der Waals surface area contributed by atoms with E-state index in [-0.39, 0.29) is 5.92 Å². The zero-order valence-corrected chi connectivity index (χ0v) is 19.8. The predicted molar refractivity (Wildman–Crippen MR) is 133 cm³/mol. The van der Waals surface area contributed by atoms with Crippen LogP contribution in [-0.4, -0.2) is 52.7 Å². The van der Waals surface area contributed by atoms with Crippen LogP contribution in [0.5, 0.6) is 5.75 Å². The molecule has 7 nitrogen and oxygen atoms in total. The number of carboxylic acid groups (broad SMARTS) is 1. The van der Waals surface area contributed by atoms with Gasteiger partial charge in [-0.3, -0.25) is 4.79 Å². The second kappa shape index (κ2) is 11.1. The number of benzene rings is 2. The first-order valence-corrected chi connectivity index (χ1v) is 11.8. The van der Waals surface area contributed by atoms with E-state index in [0.717, 1.165) is 61.5 Å². The maximum atomic E-state index is 11.2. The molecule has 1 aliphatic heterocycles. The highest BCUT2D eigenvalue weighted by Gasteiger charge is 2.27. The number of carbonyl (C=O) groups is 1. The highest BCUT2D eigenvalue weighted by molar-refractivity contribution is 5.69. The number of ether oxygens (including phenoxy) is 1. The third-order valence-corrected chi connectivity index (χ3v) is 6.73. The van der Waals surface area contributed by atoms with Gasteiger partial charge in [-0.1, -0.05) is 31.2 Å². The SMILES string of the molecule is COc1ccc(-c2cnc(Nc3ccc(CCN4CCC(C(C)C(=O)O)CC4)cc3)nc2)cc1. The van der Waals surface area contributed by atoms with Gasteiger partial charge in [0.15, 0.2) is 0 Å². The molecule has 0 aliphatic carbocycles. The number of anilines is 2. The summed E-state index contributed by atoms with van der Waals surface area (Å²) in [7, 11) is 1.65. The molecule has 1 saturated heterocycles. The van der Waals surface area contributed by atoms with Gasteiger partial charge in [-0.25, -0.2) is 9.97 Å². The number of hydrogen-bond donors (Lipinski definition) is 2. The molecule has 1 unspecified atom stereocenters. The average molecular weight is 461 g/mol. The van der Waals surface area contributed by atoms with Crippen molar-refractivity contribution in [3.05, 3.63) is 66.5 Å². The molecule has 1 aromatic heterocycles. The lowest BCUT2D eigenvalue weighted by Gasteiger charge is -2.33. The number of nitrogens with zero attached hydrogens (tertiary/aromatic N) is 3. The number of likely N-dealkylation sites (tertiary alicyclic amines) is 1. The fourth-order valence-electron chi connectivity index (χ4n) is 4.37. The van der Waals surface area contributed by atoms with Crippen LogP contribution in [0.4, 0.5) is 11.6 Å². The predicted octanol–water partition coefficient (Wildman–Crippen LogP) is 4.87. The molecule has 0 amide bonds. The van der Waals surface area contributed by atoms with Gasteiger partial charge >= 0.3 is 5.97 Å². The highest BCUT2D eigenvalue weighted by Crippen LogP contribution is 2.26. The van der Waals surface area contributed by atoms with Crippen molar-refractivity contribution in [2.45, 2.75) is 26.2 Å². The molecule has 7 heteroatoms. The second-order valence-corrected chi connectivity index (χ2v) is 8.90. The topological polar surface area (TPSA) is 87.6 Å². The van der Waals surface area contributed by atoms with E-state index in [1.807, 2.05) is 43.6 Å². The number of aromatic nitrogens is 2. The Kier molecular flexibility index (Phi) is 7.75. The van der Waals surface area contributed by atoms with Crippen molar-refractivity contribution in [3.63, 3.8) is 0 Å². The number of rotatable bonds is 9. The van der Waals surface area contributed by atoms with E-state index < -0.39 is 5.97 Å². The molecule has 1 atom stereocenters. The van der Waals surface area contributed by atoms with Crippen LogP contribution < -0.4 is 10.1 Å². The number of methoxy groups -OCH3 is 1. The summed E-state index contributed by atoms with van der Waals surface area (Å²) < 4.78 is 5.20. The van der Waals surface area contributed by atoms with Crippen molar-refractivity contribution < 1.29 is 14.6 Å². The molecule has 178 valence electrons. The van der Waals surface area contributed by atoms with E-state index in [9.17, 15) is 9.90 Å². The summed E-state index contributed by atoms with van der Waals surface area (Å²) in [6.45, 7) is 4.78. The maximum absolute atomic E-state index is 11.2. The molecular weight excluding hydrogens is 428 g/mol. The second-order valence-electron chi connectivity index (χ2n) is 8.90. The van der Waals surface area contributed by atoms with Crippen LogP contribution in [0, 0.1) is 11.8 Å². The van der Waals surface area contributed by atoms with Crippen LogP contribution in [-0.2, 0) is 11.2 Å². The van der Waals surface area contributed by atoms with E-state index in [1.165, 1.54) is 5.56 Å². The van der Waals surface area contributed by atoms with Gasteiger partial charge < -0.3 is 20.1 Å². The van der Waals surface area contributed by atoms with Gasteiger partial charge in [0.05, 0.1) is 13.0 Å². The molecule has 2 heterocycles. The van der Waals surface area contributed by atoms with E-state index in [4.69, 9.17) is 4.74 Å². The summed E-state index contributed by atoms with van der Waals surface area (Å²) in [6.07, 6.45) is 6.53. The Balaban J connectivity index is 1.25. The first kappa shape index (κ1) is 23.7. The first-order chi connectivity index (χ1) is 16.5. The highest BCUT2D eigenvalue weighted by atomic mass is 16.5. The molecular formula is C27H32N4O3. The zero-order valence-electron chi connectivity index (χ0n) is 19.8. The number of hydrogen-bond acceptors (Lipinski definition) is 6. The number of nitrogens with one attached hydrogen (secondary N) is 1. The van der Waals surface area contributed by atoms with Gasteiger partial charge in [-0.05, 0) is 73.7 Å². The molecule has 2 aromatic carbocycles. The Morgan fingerprint density at radius 3 is 2.29 bits per heavy atom. The van der Waals surface area contributed by atoms with Crippen molar-refractivity contribution >= 4 is 17.6 Å². The lowest BCUT2D eigenvalue weighted by Crippen LogP contribution is -2.38. The van der Waals surface area contributed by atoms with Crippen LogP contribution in [0.25, 0.3) is 11.1 Å². The smallest absolute Gasteiger partial charge is 0.306 e. The van der Waals surface area contributed by atoms with Crippen LogP contribution >= 0.6 is 0 Å². The Morgan fingerprint density at radius 2 is 1.71 bits per heavy atom. The summed E-state index contributed by atoms with van der Waals surface area (Å²) in [5, 5.41) is 12.5. The number of aliphatic carboxylic acids is 1. The largest absolute Gasteiger partial charge is 0.497 e. The molecule has 1 fully saturated rings. The van der Waals surface area contributed by atoms with E-state index in [1.54, 1.807) is 7.11 Å². The van der Waals surface area contributed by atoms with Crippen molar-refractivity contribution in [2.24, 2.45) is 11.8 Å². The third kappa shape index (κ3) is 6.11. The van der Waals surface area contributed by atoms with Gasteiger partial charge in [0, 0.05) is 30.2 Å². The Morgan fingerprint density at radius 1 is 1.06 bits per heavy atom. The first-order valence-electron chi connectivity index (χ1n) is 11.8. The fraction of sp³-hybridized carbons (Fsp3) is 0.370. The van der Waals surface area contributed by atoms with E-state index in [0.29, 0.717) is 11.9 Å². The van der Waals surface area contributed by atoms with E-state index >= 15 is 0 Å². The molecule has 2 N–H and O–H groups in total. The molecule has 1 aliphatic rings. The molecule has 0 saturated carbocycles. The lowest BCUT2D eigenvalue weighted by molar-refractivity contribution is -0.143. The van der Waals surface area contributed by atoms with Gasteiger partial charge in [0.2, 0.25) is 5.95 Å². The average Bonchev–Trinajstić information content (AvgIpc) is 2.88. The van der Waals surface area contributed by atoms with E-state index in [2.05, 4.69) is 44.5 Å². The van der Waals surface area contributed by atoms with Crippen molar-refractivity contribution in [1.82, 2.24) is 14.9 Å². The number of piperidine rings is 1. The summed E-state index contributed by atoms with van der Waals surface area (Å²) in [4.78, 5) is 22.5. The van der Waals surface area contributed by atoms with Crippen LogP contribution in [0.15, 0.2) is 60.9 Å². The van der Waals surface area contributed by atoms with Gasteiger partial charge in [-0.2, -0.15) is 0 Å². The molecule has 4 rings (SSSR count). The summed E-state index contributed by atoms with van der Waals surface area (Å²) >= 11 is 0. The fourth-order valence-corrected chi connectivity index (χ4v) is 4.37. The molecule has 0 radical (unpaired) electrons. The van der Waals surface area contributed by atoms with Crippen LogP contribution in [0.1, 0.15) is 25.3 Å². The van der Waals surface area contributed by atoms with Gasteiger partial charge in [0.1, 0.15) is 5.75 Å². The summed E-state index contributed by atoms with van der Waals surface area (Å²) in [5.41, 5.74) is 4.22. The normalized spacial score (nSPS) is 15.6. The van der Waals surface area contributed by atoms with Gasteiger partial charge in [0.25, 0.3) is 0 Å². The van der Waals surface area contributed by atoms with Crippen LogP contribution in [0.3, 0.4) is 0 Å². The molecule has 0 bridgehead atoms. The minimum absolute atomic E-state index is 0.246. The zero-order chi connectivity index (χ0) is 23.9. The minimum Gasteiger partial charge on any atom is -0.497 e. The Labute approximate surface area is 200 Å². The lowest BCUT2D eigenvalue weighted by atomic mass is 9.85. The van der Waals surface area contributed by atoms with Gasteiger partial charge in [-0.15, -0.1) is 0 Å². The summed E-state index contributed by atoms with van der Waals surface area (Å²) in [5.74, 6) is 0.756. The summed E-state index contributed by atoms with van der Waals surface area (Å²) in [6, 6.07) is 16.2. The standard InChI is InChI=1S/C27H32N4O3/c1-19(26(32)33)21-12-15-31(16-13-21)14-11-20-3-7-24(8-4-20)30-27-28-17-23(18-29-27)22-5-9-25(34-2)10-6-22/h3-10,17-19,21H,11-16H2,1-2H3,(H,32,33)(H,28,29,30). The number of carboxylic acids is 1. The van der Waals surface area contributed by atoms with Crippen LogP contribution in [0.2, 0.25) is 0 Å². The van der Waals surface area contributed by atoms with Crippen molar-refractivity contribution in [1.29, 1.82) is 0 Å². The monoisotopic (exact) mass is 460 g/mol. The minimum atomic E-state index is -0.675. The Bertz CT molecular complexity index is 1060. The van der Waals surface area contributed by atoms with Crippen molar-refractivity contribution in [2.75, 3.05) is 32.1 Å². The molecule has 0 spiro atoms. The third-order valence-electron chi connectivity index (χ3n) is 6.73. The Hall–Kier alpha value is -3.45.